The summed E-state index contributed by atoms with van der Waals surface area (Å²) in [5.41, 5.74) is 0.571. The number of benzene rings is 1. The van der Waals surface area contributed by atoms with E-state index in [0.29, 0.717) is 17.0 Å². The van der Waals surface area contributed by atoms with Crippen molar-refractivity contribution < 1.29 is 33.3 Å². The largest absolute Gasteiger partial charge is 0.465 e. The Morgan fingerprint density at radius 1 is 1.14 bits per heavy atom. The Bertz CT molecular complexity index is 976. The molecule has 0 aliphatic carbocycles. The van der Waals surface area contributed by atoms with Gasteiger partial charge in [-0.15, -0.1) is 0 Å². The summed E-state index contributed by atoms with van der Waals surface area (Å²) in [6.07, 6.45) is 2.63. The zero-order valence-corrected chi connectivity index (χ0v) is 15.9. The lowest BCUT2D eigenvalue weighted by Crippen LogP contribution is -2.42. The lowest BCUT2D eigenvalue weighted by atomic mass is 10.2. The van der Waals surface area contributed by atoms with Crippen molar-refractivity contribution in [2.75, 3.05) is 12.4 Å². The van der Waals surface area contributed by atoms with Crippen LogP contribution in [-0.2, 0) is 23.8 Å². The molecular formula is C20H18N2O7. The van der Waals surface area contributed by atoms with E-state index in [1.807, 2.05) is 0 Å². The minimum atomic E-state index is -1.30. The molecule has 1 aliphatic heterocycles. The van der Waals surface area contributed by atoms with Gasteiger partial charge in [0.05, 0.1) is 12.7 Å². The van der Waals surface area contributed by atoms with Crippen LogP contribution >= 0.6 is 0 Å². The van der Waals surface area contributed by atoms with E-state index >= 15 is 0 Å². The van der Waals surface area contributed by atoms with E-state index < -0.39 is 23.7 Å². The molecule has 2 heterocycles. The third-order valence-corrected chi connectivity index (χ3v) is 3.71. The van der Waals surface area contributed by atoms with Gasteiger partial charge in [0.1, 0.15) is 5.75 Å². The normalized spacial score (nSPS) is 15.1. The highest BCUT2D eigenvalue weighted by Crippen LogP contribution is 2.25. The number of ether oxygens (including phenoxy) is 4. The van der Waals surface area contributed by atoms with Crippen molar-refractivity contribution in [2.45, 2.75) is 19.6 Å². The number of cyclic esters (lactones) is 2. The van der Waals surface area contributed by atoms with Crippen LogP contribution in [-0.4, -0.2) is 35.8 Å². The topological polar surface area (TPSA) is 113 Å². The van der Waals surface area contributed by atoms with Crippen LogP contribution in [0.1, 0.15) is 24.2 Å². The van der Waals surface area contributed by atoms with Crippen molar-refractivity contribution in [3.05, 3.63) is 59.9 Å². The second-order valence-electron chi connectivity index (χ2n) is 6.39. The Labute approximate surface area is 166 Å². The summed E-state index contributed by atoms with van der Waals surface area (Å²) >= 11 is 0. The van der Waals surface area contributed by atoms with E-state index in [1.165, 1.54) is 45.5 Å². The Morgan fingerprint density at radius 2 is 1.86 bits per heavy atom. The van der Waals surface area contributed by atoms with Gasteiger partial charge >= 0.3 is 17.9 Å². The molecule has 1 aromatic carbocycles. The van der Waals surface area contributed by atoms with Crippen molar-refractivity contribution in [3.8, 4) is 11.6 Å². The Hall–Kier alpha value is -3.88. The van der Waals surface area contributed by atoms with Gasteiger partial charge in [-0.3, -0.25) is 0 Å². The monoisotopic (exact) mass is 398 g/mol. The summed E-state index contributed by atoms with van der Waals surface area (Å²) in [5.74, 6) is -2.76. The lowest BCUT2D eigenvalue weighted by Gasteiger charge is -2.29. The van der Waals surface area contributed by atoms with Crippen LogP contribution in [0, 0.1) is 0 Å². The molecule has 9 nitrogen and oxygen atoms in total. The quantitative estimate of drug-likeness (QED) is 0.461. The van der Waals surface area contributed by atoms with Crippen molar-refractivity contribution in [1.82, 2.24) is 4.98 Å². The zero-order chi connectivity index (χ0) is 21.0. The van der Waals surface area contributed by atoms with Crippen LogP contribution in [0.2, 0.25) is 0 Å². The number of anilines is 1. The van der Waals surface area contributed by atoms with Crippen LogP contribution in [0.15, 0.2) is 54.4 Å². The average Bonchev–Trinajstić information content (AvgIpc) is 2.66. The van der Waals surface area contributed by atoms with E-state index in [2.05, 4.69) is 15.0 Å². The van der Waals surface area contributed by atoms with Crippen LogP contribution in [0.3, 0.4) is 0 Å². The summed E-state index contributed by atoms with van der Waals surface area (Å²) < 4.78 is 20.4. The van der Waals surface area contributed by atoms with E-state index in [9.17, 15) is 14.4 Å². The number of nitrogens with one attached hydrogen (secondary N) is 1. The number of esters is 3. The fourth-order valence-corrected chi connectivity index (χ4v) is 2.41. The molecule has 1 saturated heterocycles. The van der Waals surface area contributed by atoms with Crippen molar-refractivity contribution in [2.24, 2.45) is 0 Å². The molecule has 29 heavy (non-hydrogen) atoms. The van der Waals surface area contributed by atoms with Crippen molar-refractivity contribution >= 4 is 23.6 Å². The van der Waals surface area contributed by atoms with Crippen LogP contribution in [0.25, 0.3) is 0 Å². The van der Waals surface area contributed by atoms with Gasteiger partial charge in [0, 0.05) is 44.1 Å². The molecule has 0 bridgehead atoms. The molecule has 150 valence electrons. The third kappa shape index (κ3) is 4.89. The molecule has 0 atom stereocenters. The minimum Gasteiger partial charge on any atom is -0.465 e. The molecule has 2 aromatic rings. The molecule has 0 saturated carbocycles. The molecule has 1 aliphatic rings. The van der Waals surface area contributed by atoms with Gasteiger partial charge < -0.3 is 24.3 Å². The maximum atomic E-state index is 12.0. The van der Waals surface area contributed by atoms with Gasteiger partial charge in [0.15, 0.2) is 5.57 Å². The number of hydrogen-bond donors (Lipinski definition) is 1. The number of carbonyl (C=O) groups is 3. The second kappa shape index (κ2) is 8.01. The molecule has 3 rings (SSSR count). The molecule has 1 aromatic heterocycles. The first-order chi connectivity index (χ1) is 13.8. The first kappa shape index (κ1) is 19.9. The first-order valence-corrected chi connectivity index (χ1v) is 8.53. The van der Waals surface area contributed by atoms with Crippen LogP contribution in [0.4, 0.5) is 5.69 Å². The molecule has 1 fully saturated rings. The number of carbonyl (C=O) groups excluding carboxylic acids is 3. The number of nitrogens with zero attached hydrogens (tertiary/aromatic N) is 1. The predicted molar refractivity (Wildman–Crippen MR) is 100 cm³/mol. The SMILES string of the molecule is COC(=O)c1ccnc(Oc2cccc(NC=C3C(=O)OC(C)(C)OC3=O)c2)c1. The highest BCUT2D eigenvalue weighted by molar-refractivity contribution is 6.15. The van der Waals surface area contributed by atoms with E-state index in [-0.39, 0.29) is 11.5 Å². The number of hydrogen-bond acceptors (Lipinski definition) is 9. The first-order valence-electron chi connectivity index (χ1n) is 8.53. The summed E-state index contributed by atoms with van der Waals surface area (Å²) in [5, 5.41) is 2.83. The second-order valence-corrected chi connectivity index (χ2v) is 6.39. The minimum absolute atomic E-state index is 0.199. The zero-order valence-electron chi connectivity index (χ0n) is 15.9. The smallest absolute Gasteiger partial charge is 0.350 e. The molecule has 0 radical (unpaired) electrons. The fraction of sp³-hybridized carbons (Fsp3) is 0.200. The number of methoxy groups -OCH3 is 1. The average molecular weight is 398 g/mol. The van der Waals surface area contributed by atoms with Gasteiger partial charge in [-0.2, -0.15) is 0 Å². The van der Waals surface area contributed by atoms with Crippen molar-refractivity contribution in [3.63, 3.8) is 0 Å². The molecule has 9 heteroatoms. The van der Waals surface area contributed by atoms with Crippen molar-refractivity contribution in [1.29, 1.82) is 0 Å². The third-order valence-electron chi connectivity index (χ3n) is 3.71. The van der Waals surface area contributed by atoms with Crippen LogP contribution in [0.5, 0.6) is 11.6 Å². The maximum Gasteiger partial charge on any atom is 0.350 e. The van der Waals surface area contributed by atoms with E-state index in [1.54, 1.807) is 24.3 Å². The molecular weight excluding hydrogens is 380 g/mol. The molecule has 0 spiro atoms. The van der Waals surface area contributed by atoms with Gasteiger partial charge in [0.2, 0.25) is 5.88 Å². The molecule has 0 amide bonds. The van der Waals surface area contributed by atoms with Gasteiger partial charge in [-0.1, -0.05) is 6.07 Å². The van der Waals surface area contributed by atoms with E-state index in [4.69, 9.17) is 14.2 Å². The Kier molecular flexibility index (Phi) is 5.49. The number of rotatable bonds is 5. The maximum absolute atomic E-state index is 12.0. The summed E-state index contributed by atoms with van der Waals surface area (Å²) in [7, 11) is 1.28. The number of pyridine rings is 1. The highest BCUT2D eigenvalue weighted by Gasteiger charge is 2.38. The van der Waals surface area contributed by atoms with E-state index in [0.717, 1.165) is 0 Å². The number of aromatic nitrogens is 1. The van der Waals surface area contributed by atoms with Gasteiger partial charge in [-0.25, -0.2) is 19.4 Å². The molecule has 1 N–H and O–H groups in total. The standard InChI is InChI=1S/C20H18N2O7/c1-20(2)28-18(24)15(19(25)29-20)11-22-13-5-4-6-14(10-13)27-16-9-12(7-8-21-16)17(23)26-3/h4-11,22H,1-3H3. The van der Waals surface area contributed by atoms with Gasteiger partial charge in [0.25, 0.3) is 5.79 Å². The molecule has 0 unspecified atom stereocenters. The Balaban J connectivity index is 1.73. The van der Waals surface area contributed by atoms with Gasteiger partial charge in [-0.05, 0) is 18.2 Å². The van der Waals surface area contributed by atoms with Crippen LogP contribution < -0.4 is 10.1 Å². The highest BCUT2D eigenvalue weighted by atomic mass is 16.7. The fourth-order valence-electron chi connectivity index (χ4n) is 2.41. The predicted octanol–water partition coefficient (Wildman–Crippen LogP) is 2.79. The summed E-state index contributed by atoms with van der Waals surface area (Å²) in [4.78, 5) is 39.6. The Morgan fingerprint density at radius 3 is 2.55 bits per heavy atom. The lowest BCUT2D eigenvalue weighted by molar-refractivity contribution is -0.222. The summed E-state index contributed by atoms with van der Waals surface area (Å²) in [6.45, 7) is 2.94. The summed E-state index contributed by atoms with van der Waals surface area (Å²) in [6, 6.07) is 9.65.